The Kier molecular flexibility index (Phi) is 5.60. The number of nitro groups is 1. The van der Waals surface area contributed by atoms with E-state index in [0.29, 0.717) is 29.6 Å². The fourth-order valence-electron chi connectivity index (χ4n) is 3.16. The van der Waals surface area contributed by atoms with E-state index in [1.165, 1.54) is 19.6 Å². The van der Waals surface area contributed by atoms with Gasteiger partial charge in [-0.3, -0.25) is 15.0 Å². The maximum atomic E-state index is 11.4. The van der Waals surface area contributed by atoms with Gasteiger partial charge in [-0.25, -0.2) is 0 Å². The molecule has 0 saturated carbocycles. The topological polar surface area (TPSA) is 64.8 Å². The third kappa shape index (κ3) is 3.50. The van der Waals surface area contributed by atoms with E-state index in [9.17, 15) is 10.1 Å². The summed E-state index contributed by atoms with van der Waals surface area (Å²) in [5, 5.41) is 11.4. The highest BCUT2D eigenvalue weighted by molar-refractivity contribution is 5.54. The number of hydrogen-bond donors (Lipinski definition) is 0. The normalized spacial score (nSPS) is 19.0. The van der Waals surface area contributed by atoms with Gasteiger partial charge in [0.2, 0.25) is 0 Å². The maximum Gasteiger partial charge on any atom is 0.277 e. The molecule has 0 aromatic heterocycles. The van der Waals surface area contributed by atoms with Crippen LogP contribution >= 0.6 is 0 Å². The van der Waals surface area contributed by atoms with Gasteiger partial charge in [-0.05, 0) is 31.9 Å². The first kappa shape index (κ1) is 16.5. The standard InChI is InChI=1S/C16H24N2O4/c1-4-13-7-5-6-8-17(13)11-12-9-15(21-2)16(22-3)10-14(12)18(19)20/h9-10,13H,4-8,11H2,1-3H3/t13-/m0/s1. The number of nitro benzene ring substituents is 1. The second-order valence-electron chi connectivity index (χ2n) is 5.62. The molecular formula is C16H24N2O4. The van der Waals surface area contributed by atoms with Crippen LogP contribution in [0, 0.1) is 10.1 Å². The van der Waals surface area contributed by atoms with Crippen LogP contribution in [0.25, 0.3) is 0 Å². The molecule has 0 radical (unpaired) electrons. The van der Waals surface area contributed by atoms with Gasteiger partial charge in [-0.2, -0.15) is 0 Å². The molecule has 6 nitrogen and oxygen atoms in total. The van der Waals surface area contributed by atoms with Gasteiger partial charge in [0.15, 0.2) is 11.5 Å². The smallest absolute Gasteiger partial charge is 0.277 e. The van der Waals surface area contributed by atoms with Crippen LogP contribution in [0.2, 0.25) is 0 Å². The van der Waals surface area contributed by atoms with Gasteiger partial charge < -0.3 is 9.47 Å². The molecule has 1 fully saturated rings. The summed E-state index contributed by atoms with van der Waals surface area (Å²) in [4.78, 5) is 13.4. The summed E-state index contributed by atoms with van der Waals surface area (Å²) in [6.07, 6.45) is 4.62. The average molecular weight is 308 g/mol. The van der Waals surface area contributed by atoms with Crippen molar-refractivity contribution in [2.45, 2.75) is 45.2 Å². The molecule has 1 saturated heterocycles. The van der Waals surface area contributed by atoms with E-state index in [1.54, 1.807) is 13.2 Å². The number of likely N-dealkylation sites (tertiary alicyclic amines) is 1. The average Bonchev–Trinajstić information content (AvgIpc) is 2.54. The molecule has 22 heavy (non-hydrogen) atoms. The van der Waals surface area contributed by atoms with Crippen LogP contribution in [0.15, 0.2) is 12.1 Å². The van der Waals surface area contributed by atoms with Crippen molar-refractivity contribution >= 4 is 5.69 Å². The van der Waals surface area contributed by atoms with Gasteiger partial charge in [0.25, 0.3) is 5.69 Å². The molecule has 1 aliphatic heterocycles. The monoisotopic (exact) mass is 308 g/mol. The van der Waals surface area contributed by atoms with E-state index < -0.39 is 0 Å². The molecule has 0 aliphatic carbocycles. The second kappa shape index (κ2) is 7.45. The van der Waals surface area contributed by atoms with Crippen LogP contribution in [0.3, 0.4) is 0 Å². The number of hydrogen-bond acceptors (Lipinski definition) is 5. The zero-order chi connectivity index (χ0) is 16.1. The first-order valence-corrected chi connectivity index (χ1v) is 7.74. The van der Waals surface area contributed by atoms with Crippen molar-refractivity contribution in [1.29, 1.82) is 0 Å². The first-order chi connectivity index (χ1) is 10.6. The Morgan fingerprint density at radius 3 is 2.55 bits per heavy atom. The zero-order valence-corrected chi connectivity index (χ0v) is 13.5. The Morgan fingerprint density at radius 1 is 1.27 bits per heavy atom. The summed E-state index contributed by atoms with van der Waals surface area (Å²) < 4.78 is 10.5. The second-order valence-corrected chi connectivity index (χ2v) is 5.62. The number of rotatable bonds is 6. The van der Waals surface area contributed by atoms with Gasteiger partial charge in [0.1, 0.15) is 0 Å². The maximum absolute atomic E-state index is 11.4. The lowest BCUT2D eigenvalue weighted by Gasteiger charge is -2.35. The molecule has 1 heterocycles. The van der Waals surface area contributed by atoms with Crippen LogP contribution < -0.4 is 9.47 Å². The molecule has 0 unspecified atom stereocenters. The first-order valence-electron chi connectivity index (χ1n) is 7.74. The van der Waals surface area contributed by atoms with E-state index in [1.807, 2.05) is 0 Å². The number of ether oxygens (including phenoxy) is 2. The zero-order valence-electron chi connectivity index (χ0n) is 13.5. The molecule has 6 heteroatoms. The largest absolute Gasteiger partial charge is 0.493 e. The van der Waals surface area contributed by atoms with Crippen molar-refractivity contribution in [2.75, 3.05) is 20.8 Å². The third-order valence-electron chi connectivity index (χ3n) is 4.38. The minimum absolute atomic E-state index is 0.0954. The van der Waals surface area contributed by atoms with Crippen molar-refractivity contribution in [2.24, 2.45) is 0 Å². The van der Waals surface area contributed by atoms with E-state index in [4.69, 9.17) is 9.47 Å². The Labute approximate surface area is 131 Å². The van der Waals surface area contributed by atoms with Crippen molar-refractivity contribution in [3.05, 3.63) is 27.8 Å². The van der Waals surface area contributed by atoms with Gasteiger partial charge in [0.05, 0.1) is 25.2 Å². The molecule has 1 aliphatic rings. The van der Waals surface area contributed by atoms with Crippen molar-refractivity contribution in [3.8, 4) is 11.5 Å². The molecule has 0 amide bonds. The summed E-state index contributed by atoms with van der Waals surface area (Å²) in [6.45, 7) is 3.74. The van der Waals surface area contributed by atoms with Gasteiger partial charge >= 0.3 is 0 Å². The molecule has 0 N–H and O–H groups in total. The molecule has 0 bridgehead atoms. The SMILES string of the molecule is CC[C@H]1CCCCN1Cc1cc(OC)c(OC)cc1[N+](=O)[O-]. The van der Waals surface area contributed by atoms with Crippen LogP contribution in [0.5, 0.6) is 11.5 Å². The van der Waals surface area contributed by atoms with Crippen LogP contribution in [-0.4, -0.2) is 36.6 Å². The molecular weight excluding hydrogens is 284 g/mol. The van der Waals surface area contributed by atoms with E-state index >= 15 is 0 Å². The molecule has 0 spiro atoms. The molecule has 122 valence electrons. The van der Waals surface area contributed by atoms with E-state index in [-0.39, 0.29) is 10.6 Å². The quantitative estimate of drug-likeness (QED) is 0.595. The molecule has 1 aromatic rings. The summed E-state index contributed by atoms with van der Waals surface area (Å²) >= 11 is 0. The molecule has 1 aromatic carbocycles. The summed E-state index contributed by atoms with van der Waals surface area (Å²) in [5.74, 6) is 0.928. The van der Waals surface area contributed by atoms with Gasteiger partial charge in [0, 0.05) is 18.2 Å². The minimum atomic E-state index is -0.345. The predicted molar refractivity (Wildman–Crippen MR) is 84.5 cm³/mol. The van der Waals surface area contributed by atoms with E-state index in [0.717, 1.165) is 25.8 Å². The van der Waals surface area contributed by atoms with E-state index in [2.05, 4.69) is 11.8 Å². The fourth-order valence-corrected chi connectivity index (χ4v) is 3.16. The Hall–Kier alpha value is -1.82. The lowest BCUT2D eigenvalue weighted by Crippen LogP contribution is -2.38. The summed E-state index contributed by atoms with van der Waals surface area (Å²) in [7, 11) is 3.03. The van der Waals surface area contributed by atoms with Crippen LogP contribution in [0.1, 0.15) is 38.2 Å². The highest BCUT2D eigenvalue weighted by atomic mass is 16.6. The highest BCUT2D eigenvalue weighted by Gasteiger charge is 2.25. The number of methoxy groups -OCH3 is 2. The van der Waals surface area contributed by atoms with Crippen molar-refractivity contribution < 1.29 is 14.4 Å². The van der Waals surface area contributed by atoms with Crippen molar-refractivity contribution in [1.82, 2.24) is 4.90 Å². The Balaban J connectivity index is 2.33. The Bertz CT molecular complexity index is 533. The molecule has 1 atom stereocenters. The fraction of sp³-hybridized carbons (Fsp3) is 0.625. The number of benzene rings is 1. The molecule has 2 rings (SSSR count). The Morgan fingerprint density at radius 2 is 1.95 bits per heavy atom. The minimum Gasteiger partial charge on any atom is -0.493 e. The number of nitrogens with zero attached hydrogens (tertiary/aromatic N) is 2. The predicted octanol–water partition coefficient (Wildman–Crippen LogP) is 3.38. The van der Waals surface area contributed by atoms with Crippen LogP contribution in [0.4, 0.5) is 5.69 Å². The summed E-state index contributed by atoms with van der Waals surface area (Å²) in [5.41, 5.74) is 0.779. The van der Waals surface area contributed by atoms with Crippen molar-refractivity contribution in [3.63, 3.8) is 0 Å². The lowest BCUT2D eigenvalue weighted by molar-refractivity contribution is -0.385. The third-order valence-corrected chi connectivity index (χ3v) is 4.38. The number of piperidine rings is 1. The van der Waals surface area contributed by atoms with Gasteiger partial charge in [-0.15, -0.1) is 0 Å². The lowest BCUT2D eigenvalue weighted by atomic mass is 9.99. The highest BCUT2D eigenvalue weighted by Crippen LogP contribution is 2.36. The van der Waals surface area contributed by atoms with Gasteiger partial charge in [-0.1, -0.05) is 13.3 Å². The van der Waals surface area contributed by atoms with Crippen LogP contribution in [-0.2, 0) is 6.54 Å². The summed E-state index contributed by atoms with van der Waals surface area (Å²) in [6, 6.07) is 3.69.